The lowest BCUT2D eigenvalue weighted by molar-refractivity contribution is -0.284. The smallest absolute Gasteiger partial charge is 0.184 e. The molecule has 0 aromatic rings. The van der Waals surface area contributed by atoms with Gasteiger partial charge in [-0.2, -0.15) is 0 Å². The van der Waals surface area contributed by atoms with Crippen LogP contribution in [0.1, 0.15) is 0 Å². The summed E-state index contributed by atoms with van der Waals surface area (Å²) in [5, 5.41) is 10.4. The third-order valence-corrected chi connectivity index (χ3v) is 5.15. The molecule has 1 aliphatic heterocycles. The zero-order valence-corrected chi connectivity index (χ0v) is 17.1. The van der Waals surface area contributed by atoms with E-state index in [4.69, 9.17) is 23.1 Å². The summed E-state index contributed by atoms with van der Waals surface area (Å²) >= 11 is 0. The fourth-order valence-corrected chi connectivity index (χ4v) is 4.71. The number of hydrogen-bond donors (Lipinski definition) is 1. The highest BCUT2D eigenvalue weighted by molar-refractivity contribution is 6.70. The van der Waals surface area contributed by atoms with Gasteiger partial charge in [0.15, 0.2) is 22.9 Å². The van der Waals surface area contributed by atoms with Gasteiger partial charge in [-0.05, 0) is 39.3 Å². The lowest BCUT2D eigenvalue weighted by Gasteiger charge is -2.47. The van der Waals surface area contributed by atoms with Crippen molar-refractivity contribution in [2.75, 3.05) is 20.8 Å². The Balaban J connectivity index is 3.06. The maximum atomic E-state index is 10.4. The van der Waals surface area contributed by atoms with E-state index in [2.05, 4.69) is 39.3 Å². The zero-order valence-electron chi connectivity index (χ0n) is 15.1. The maximum Gasteiger partial charge on any atom is 0.184 e. The third kappa shape index (κ3) is 6.01. The average molecular weight is 353 g/mol. The van der Waals surface area contributed by atoms with Gasteiger partial charge in [-0.3, -0.25) is 0 Å². The lowest BCUT2D eigenvalue weighted by Crippen LogP contribution is -2.64. The van der Waals surface area contributed by atoms with Crippen molar-refractivity contribution in [1.82, 2.24) is 0 Å². The van der Waals surface area contributed by atoms with E-state index in [0.717, 1.165) is 0 Å². The highest BCUT2D eigenvalue weighted by atomic mass is 28.4. The van der Waals surface area contributed by atoms with Gasteiger partial charge in [0.2, 0.25) is 0 Å². The summed E-state index contributed by atoms with van der Waals surface area (Å²) in [6.07, 6.45) is -2.67. The average Bonchev–Trinajstić information content (AvgIpc) is 2.31. The first kappa shape index (κ1) is 20.2. The highest BCUT2D eigenvalue weighted by Crippen LogP contribution is 2.30. The molecule has 5 atom stereocenters. The summed E-state index contributed by atoms with van der Waals surface area (Å²) in [5.41, 5.74) is 0. The molecule has 1 saturated heterocycles. The third-order valence-electron chi connectivity index (χ3n) is 3.19. The summed E-state index contributed by atoms with van der Waals surface area (Å²) in [6.45, 7) is 12.9. The number of aliphatic hydroxyl groups is 1. The molecule has 1 heterocycles. The van der Waals surface area contributed by atoms with Crippen molar-refractivity contribution in [1.29, 1.82) is 0 Å². The van der Waals surface area contributed by atoms with Crippen LogP contribution in [-0.2, 0) is 23.1 Å². The van der Waals surface area contributed by atoms with Crippen LogP contribution in [0, 0.1) is 0 Å². The molecule has 1 unspecified atom stereocenters. The van der Waals surface area contributed by atoms with Gasteiger partial charge >= 0.3 is 0 Å². The normalized spacial score (nSPS) is 34.0. The Morgan fingerprint density at radius 3 is 1.77 bits per heavy atom. The molecular formula is C14H32O6Si2. The number of rotatable bonds is 7. The van der Waals surface area contributed by atoms with Crippen LogP contribution < -0.4 is 0 Å². The van der Waals surface area contributed by atoms with Gasteiger partial charge in [-0.25, -0.2) is 0 Å². The Kier molecular flexibility index (Phi) is 7.22. The molecule has 0 aromatic carbocycles. The largest absolute Gasteiger partial charge is 0.409 e. The molecule has 6 nitrogen and oxygen atoms in total. The number of hydrogen-bond acceptors (Lipinski definition) is 6. The zero-order chi connectivity index (χ0) is 17.1. The fourth-order valence-electron chi connectivity index (χ4n) is 2.55. The van der Waals surface area contributed by atoms with E-state index in [0.29, 0.717) is 6.61 Å². The molecule has 1 rings (SSSR count). The van der Waals surface area contributed by atoms with Gasteiger partial charge in [0.05, 0.1) is 6.61 Å². The number of aliphatic hydroxyl groups excluding tert-OH is 1. The van der Waals surface area contributed by atoms with Crippen molar-refractivity contribution in [2.45, 2.75) is 70.0 Å². The predicted octanol–water partition coefficient (Wildman–Crippen LogP) is 1.81. The van der Waals surface area contributed by atoms with Crippen molar-refractivity contribution < 1.29 is 28.2 Å². The fraction of sp³-hybridized carbons (Fsp3) is 1.00. The number of ether oxygens (including phenoxy) is 3. The van der Waals surface area contributed by atoms with Gasteiger partial charge in [0.25, 0.3) is 0 Å². The monoisotopic (exact) mass is 352 g/mol. The maximum absolute atomic E-state index is 10.4. The van der Waals surface area contributed by atoms with E-state index in [1.807, 2.05) is 0 Å². The molecule has 22 heavy (non-hydrogen) atoms. The summed E-state index contributed by atoms with van der Waals surface area (Å²) in [5.74, 6) is 0. The van der Waals surface area contributed by atoms with Gasteiger partial charge in [-0.1, -0.05) is 0 Å². The predicted molar refractivity (Wildman–Crippen MR) is 90.0 cm³/mol. The summed E-state index contributed by atoms with van der Waals surface area (Å²) in [4.78, 5) is 0. The molecular weight excluding hydrogens is 320 g/mol. The molecule has 0 bridgehead atoms. The summed E-state index contributed by atoms with van der Waals surface area (Å²) < 4.78 is 28.9. The topological polar surface area (TPSA) is 66.4 Å². The molecule has 1 aliphatic rings. The van der Waals surface area contributed by atoms with Crippen molar-refractivity contribution >= 4 is 16.6 Å². The van der Waals surface area contributed by atoms with Gasteiger partial charge < -0.3 is 28.2 Å². The molecule has 0 aromatic heterocycles. The molecule has 0 saturated carbocycles. The number of methoxy groups -OCH3 is 2. The second-order valence-corrected chi connectivity index (χ2v) is 16.5. The molecule has 0 radical (unpaired) electrons. The first-order valence-electron chi connectivity index (χ1n) is 7.69. The molecule has 1 N–H and O–H groups in total. The SMILES string of the molecule is COC[C@@H]1OC(O)[C@@H](O[Si](C)(C)C)[C@H](O[Si](C)(C)C)[C@H]1OC. The molecule has 0 aliphatic carbocycles. The molecule has 132 valence electrons. The van der Waals surface area contributed by atoms with E-state index in [-0.39, 0.29) is 18.3 Å². The molecule has 0 amide bonds. The van der Waals surface area contributed by atoms with E-state index in [1.54, 1.807) is 14.2 Å². The summed E-state index contributed by atoms with van der Waals surface area (Å²) in [7, 11) is -0.508. The molecule has 1 fully saturated rings. The van der Waals surface area contributed by atoms with E-state index in [1.165, 1.54) is 0 Å². The second kappa shape index (κ2) is 7.84. The minimum atomic E-state index is -1.88. The van der Waals surface area contributed by atoms with Crippen LogP contribution >= 0.6 is 0 Å². The Labute approximate surface area is 136 Å². The van der Waals surface area contributed by atoms with Crippen molar-refractivity contribution in [2.24, 2.45) is 0 Å². The van der Waals surface area contributed by atoms with Crippen LogP contribution in [0.2, 0.25) is 39.3 Å². The van der Waals surface area contributed by atoms with Crippen LogP contribution in [0.3, 0.4) is 0 Å². The van der Waals surface area contributed by atoms with Crippen LogP contribution in [-0.4, -0.2) is 73.3 Å². The Hall–Kier alpha value is 0.194. The van der Waals surface area contributed by atoms with Gasteiger partial charge in [-0.15, -0.1) is 0 Å². The lowest BCUT2D eigenvalue weighted by atomic mass is 9.99. The first-order chi connectivity index (χ1) is 9.98. The van der Waals surface area contributed by atoms with Crippen molar-refractivity contribution in [3.63, 3.8) is 0 Å². The first-order valence-corrected chi connectivity index (χ1v) is 14.5. The van der Waals surface area contributed by atoms with Gasteiger partial charge in [0, 0.05) is 14.2 Å². The highest BCUT2D eigenvalue weighted by Gasteiger charge is 2.49. The van der Waals surface area contributed by atoms with E-state index >= 15 is 0 Å². The Morgan fingerprint density at radius 1 is 0.864 bits per heavy atom. The quantitative estimate of drug-likeness (QED) is 0.705. The van der Waals surface area contributed by atoms with Crippen LogP contribution in [0.4, 0.5) is 0 Å². The Morgan fingerprint density at radius 2 is 1.36 bits per heavy atom. The minimum Gasteiger partial charge on any atom is -0.409 e. The van der Waals surface area contributed by atoms with Crippen LogP contribution in [0.15, 0.2) is 0 Å². The van der Waals surface area contributed by atoms with E-state index < -0.39 is 29.0 Å². The molecule has 0 spiro atoms. The van der Waals surface area contributed by atoms with E-state index in [9.17, 15) is 5.11 Å². The Bertz CT molecular complexity index is 341. The molecule has 8 heteroatoms. The van der Waals surface area contributed by atoms with Crippen molar-refractivity contribution in [3.05, 3.63) is 0 Å². The van der Waals surface area contributed by atoms with Crippen LogP contribution in [0.25, 0.3) is 0 Å². The second-order valence-electron chi connectivity index (χ2n) is 7.61. The van der Waals surface area contributed by atoms with Crippen molar-refractivity contribution in [3.8, 4) is 0 Å². The standard InChI is InChI=1S/C14H32O6Si2/c1-16-9-10-11(17-2)12(19-21(3,4)5)13(14(15)18-10)20-22(6,7)8/h10-15H,9H2,1-8H3/t10-,11-,12+,13-,14?/m0/s1. The summed E-state index contributed by atoms with van der Waals surface area (Å²) in [6, 6.07) is 0. The minimum absolute atomic E-state index is 0.334. The van der Waals surface area contributed by atoms with Crippen LogP contribution in [0.5, 0.6) is 0 Å². The van der Waals surface area contributed by atoms with Gasteiger partial charge in [0.1, 0.15) is 24.4 Å².